The number of nitrogens with zero attached hydrogens (tertiary/aromatic N) is 1. The average molecular weight is 392 g/mol. The lowest BCUT2D eigenvalue weighted by molar-refractivity contribution is 0.0459. The molecule has 0 unspecified atom stereocenters. The first-order valence-electron chi connectivity index (χ1n) is 7.94. The van der Waals surface area contributed by atoms with Crippen LogP contribution in [0.2, 0.25) is 10.0 Å². The van der Waals surface area contributed by atoms with Crippen LogP contribution >= 0.6 is 23.2 Å². The predicted octanol–water partition coefficient (Wildman–Crippen LogP) is 4.61. The summed E-state index contributed by atoms with van der Waals surface area (Å²) in [5, 5.41) is 0.410. The molecule has 2 aromatic carbocycles. The topological polar surface area (TPSA) is 63.7 Å². The van der Waals surface area contributed by atoms with Gasteiger partial charge < -0.3 is 4.74 Å². The van der Waals surface area contributed by atoms with Crippen LogP contribution in [0.15, 0.2) is 36.4 Å². The van der Waals surface area contributed by atoms with Crippen molar-refractivity contribution in [3.63, 3.8) is 0 Å². The molecule has 0 fully saturated rings. The van der Waals surface area contributed by atoms with Gasteiger partial charge in [-0.15, -0.1) is 0 Å². The van der Waals surface area contributed by atoms with Crippen LogP contribution in [0.5, 0.6) is 0 Å². The van der Waals surface area contributed by atoms with E-state index in [2.05, 4.69) is 0 Å². The summed E-state index contributed by atoms with van der Waals surface area (Å²) in [7, 11) is 0. The third kappa shape index (κ3) is 3.32. The minimum atomic E-state index is -0.487. The number of hydrogen-bond acceptors (Lipinski definition) is 4. The number of anilines is 1. The Kier molecular flexibility index (Phi) is 5.03. The first-order chi connectivity index (χ1) is 12.3. The van der Waals surface area contributed by atoms with Gasteiger partial charge in [-0.2, -0.15) is 0 Å². The molecule has 1 aliphatic heterocycles. The van der Waals surface area contributed by atoms with Crippen molar-refractivity contribution in [3.05, 3.63) is 63.1 Å². The second-order valence-electron chi connectivity index (χ2n) is 6.30. The molecule has 0 aromatic heterocycles. The number of rotatable bonds is 4. The van der Waals surface area contributed by atoms with Gasteiger partial charge in [0.05, 0.1) is 39.0 Å². The number of amides is 2. The van der Waals surface area contributed by atoms with Gasteiger partial charge in [-0.05, 0) is 42.3 Å². The normalized spacial score (nSPS) is 13.3. The van der Waals surface area contributed by atoms with Gasteiger partial charge in [0.2, 0.25) is 0 Å². The second kappa shape index (κ2) is 7.09. The zero-order valence-corrected chi connectivity index (χ0v) is 15.6. The van der Waals surface area contributed by atoms with Crippen LogP contribution in [-0.4, -0.2) is 24.4 Å². The number of carbonyl (C=O) groups is 3. The molecule has 1 aliphatic rings. The number of benzene rings is 2. The fourth-order valence-corrected chi connectivity index (χ4v) is 2.87. The number of halogens is 2. The van der Waals surface area contributed by atoms with Crippen molar-refractivity contribution in [2.45, 2.75) is 13.8 Å². The van der Waals surface area contributed by atoms with Crippen LogP contribution in [-0.2, 0) is 4.74 Å². The van der Waals surface area contributed by atoms with Crippen molar-refractivity contribution in [2.24, 2.45) is 5.92 Å². The molecule has 0 aliphatic carbocycles. The number of esters is 1. The van der Waals surface area contributed by atoms with E-state index in [9.17, 15) is 14.4 Å². The van der Waals surface area contributed by atoms with Crippen molar-refractivity contribution < 1.29 is 19.1 Å². The minimum absolute atomic E-state index is 0.199. The third-order valence-electron chi connectivity index (χ3n) is 3.84. The van der Waals surface area contributed by atoms with E-state index in [1.807, 2.05) is 13.8 Å². The highest BCUT2D eigenvalue weighted by molar-refractivity contribution is 6.44. The van der Waals surface area contributed by atoms with Crippen molar-refractivity contribution in [1.29, 1.82) is 0 Å². The number of carbonyl (C=O) groups excluding carboxylic acids is 3. The highest BCUT2D eigenvalue weighted by atomic mass is 35.5. The van der Waals surface area contributed by atoms with E-state index in [0.717, 1.165) is 4.90 Å². The number of ether oxygens (including phenoxy) is 1. The number of hydrogen-bond donors (Lipinski definition) is 0. The molecule has 26 heavy (non-hydrogen) atoms. The lowest BCUT2D eigenvalue weighted by Gasteiger charge is -2.14. The Morgan fingerprint density at radius 1 is 1.00 bits per heavy atom. The molecule has 7 heteroatoms. The molecule has 0 saturated carbocycles. The van der Waals surface area contributed by atoms with Gasteiger partial charge in [-0.3, -0.25) is 9.59 Å². The van der Waals surface area contributed by atoms with Crippen LogP contribution in [0, 0.1) is 5.92 Å². The van der Waals surface area contributed by atoms with Gasteiger partial charge in [0.25, 0.3) is 11.8 Å². The van der Waals surface area contributed by atoms with Crippen molar-refractivity contribution in [2.75, 3.05) is 11.5 Å². The fraction of sp³-hybridized carbons (Fsp3) is 0.211. The van der Waals surface area contributed by atoms with Crippen molar-refractivity contribution in [1.82, 2.24) is 0 Å². The van der Waals surface area contributed by atoms with Gasteiger partial charge in [0, 0.05) is 0 Å². The van der Waals surface area contributed by atoms with E-state index in [-0.39, 0.29) is 27.1 Å². The molecule has 5 nitrogen and oxygen atoms in total. The van der Waals surface area contributed by atoms with Crippen LogP contribution in [0.4, 0.5) is 5.69 Å². The Balaban J connectivity index is 1.85. The molecule has 2 amide bonds. The zero-order valence-electron chi connectivity index (χ0n) is 14.1. The summed E-state index contributed by atoms with van der Waals surface area (Å²) in [6, 6.07) is 8.85. The average Bonchev–Trinajstić information content (AvgIpc) is 2.84. The Labute approximate surface area is 160 Å². The lowest BCUT2D eigenvalue weighted by atomic mass is 10.1. The van der Waals surface area contributed by atoms with Gasteiger partial charge >= 0.3 is 5.97 Å². The van der Waals surface area contributed by atoms with Gasteiger partial charge in [0.1, 0.15) is 0 Å². The summed E-state index contributed by atoms with van der Waals surface area (Å²) in [6.07, 6.45) is 0. The first kappa shape index (κ1) is 18.4. The molecule has 0 N–H and O–H groups in total. The standard InChI is InChI=1S/C19H15Cl2NO4/c1-10(2)9-26-19(25)11-3-5-12(6-4-11)22-17(23)13-7-15(20)16(21)8-14(13)18(22)24/h3-8,10H,9H2,1-2H3. The molecule has 2 aromatic rings. The first-order valence-corrected chi connectivity index (χ1v) is 8.70. The SMILES string of the molecule is CC(C)COC(=O)c1ccc(N2C(=O)c3cc(Cl)c(Cl)cc3C2=O)cc1. The maximum Gasteiger partial charge on any atom is 0.338 e. The van der Waals surface area contributed by atoms with Gasteiger partial charge in [-0.25, -0.2) is 9.69 Å². The van der Waals surface area contributed by atoms with E-state index in [1.165, 1.54) is 36.4 Å². The van der Waals surface area contributed by atoms with E-state index in [0.29, 0.717) is 17.9 Å². The Morgan fingerprint density at radius 3 is 1.96 bits per heavy atom. The largest absolute Gasteiger partial charge is 0.462 e. The Morgan fingerprint density at radius 2 is 1.50 bits per heavy atom. The van der Waals surface area contributed by atoms with Crippen LogP contribution < -0.4 is 4.90 Å². The summed E-state index contributed by atoms with van der Waals surface area (Å²) in [5.41, 5.74) is 1.09. The molecular formula is C19H15Cl2NO4. The van der Waals surface area contributed by atoms with Crippen LogP contribution in [0.25, 0.3) is 0 Å². The maximum absolute atomic E-state index is 12.6. The predicted molar refractivity (Wildman–Crippen MR) is 99.2 cm³/mol. The highest BCUT2D eigenvalue weighted by Gasteiger charge is 2.37. The number of fused-ring (bicyclic) bond motifs is 1. The van der Waals surface area contributed by atoms with Gasteiger partial charge in [0.15, 0.2) is 0 Å². The quantitative estimate of drug-likeness (QED) is 0.563. The summed E-state index contributed by atoms with van der Waals surface area (Å²) in [5.74, 6) is -1.20. The highest BCUT2D eigenvalue weighted by Crippen LogP contribution is 2.34. The number of imide groups is 1. The molecular weight excluding hydrogens is 377 g/mol. The second-order valence-corrected chi connectivity index (χ2v) is 7.11. The summed E-state index contributed by atoms with van der Waals surface area (Å²) < 4.78 is 5.16. The van der Waals surface area contributed by atoms with E-state index in [1.54, 1.807) is 0 Å². The molecule has 0 saturated heterocycles. The molecule has 3 rings (SSSR count). The smallest absolute Gasteiger partial charge is 0.338 e. The molecule has 134 valence electrons. The van der Waals surface area contributed by atoms with Crippen molar-refractivity contribution in [3.8, 4) is 0 Å². The molecule has 1 heterocycles. The minimum Gasteiger partial charge on any atom is -0.462 e. The summed E-state index contributed by atoms with van der Waals surface area (Å²) >= 11 is 11.9. The van der Waals surface area contributed by atoms with E-state index in [4.69, 9.17) is 27.9 Å². The van der Waals surface area contributed by atoms with Crippen molar-refractivity contribution >= 4 is 46.7 Å². The third-order valence-corrected chi connectivity index (χ3v) is 4.56. The summed E-state index contributed by atoms with van der Waals surface area (Å²) in [4.78, 5) is 38.2. The molecule has 0 atom stereocenters. The zero-order chi connectivity index (χ0) is 19.0. The summed E-state index contributed by atoms with van der Waals surface area (Å²) in [6.45, 7) is 4.20. The molecule has 0 bridgehead atoms. The van der Waals surface area contributed by atoms with E-state index < -0.39 is 17.8 Å². The monoisotopic (exact) mass is 391 g/mol. The van der Waals surface area contributed by atoms with Crippen LogP contribution in [0.1, 0.15) is 44.9 Å². The Hall–Kier alpha value is -2.37. The fourth-order valence-electron chi connectivity index (χ4n) is 2.54. The Bertz CT molecular complexity index is 866. The lowest BCUT2D eigenvalue weighted by Crippen LogP contribution is -2.29. The van der Waals surface area contributed by atoms with Crippen LogP contribution in [0.3, 0.4) is 0 Å². The molecule has 0 radical (unpaired) electrons. The van der Waals surface area contributed by atoms with E-state index >= 15 is 0 Å². The molecule has 0 spiro atoms. The maximum atomic E-state index is 12.6. The van der Waals surface area contributed by atoms with Gasteiger partial charge in [-0.1, -0.05) is 37.0 Å².